The van der Waals surface area contributed by atoms with Crippen molar-refractivity contribution in [2.75, 3.05) is 5.32 Å². The molecule has 0 unspecified atom stereocenters. The molecule has 112 valence electrons. The smallest absolute Gasteiger partial charge is 0.318 e. The number of benzene rings is 2. The molecule has 22 heavy (non-hydrogen) atoms. The average molecular weight is 407 g/mol. The lowest BCUT2D eigenvalue weighted by Gasteiger charge is -2.04. The summed E-state index contributed by atoms with van der Waals surface area (Å²) in [6.07, 6.45) is 1.48. The Bertz CT molecular complexity index is 712. The number of halogens is 1. The van der Waals surface area contributed by atoms with Crippen molar-refractivity contribution in [2.24, 2.45) is 5.10 Å². The van der Waals surface area contributed by atoms with E-state index in [9.17, 15) is 9.59 Å². The van der Waals surface area contributed by atoms with E-state index in [2.05, 4.69) is 38.4 Å². The average Bonchev–Trinajstić information content (AvgIpc) is 2.49. The van der Waals surface area contributed by atoms with Gasteiger partial charge in [-0.3, -0.25) is 9.59 Å². The molecule has 0 aliphatic heterocycles. The van der Waals surface area contributed by atoms with Gasteiger partial charge in [0.2, 0.25) is 0 Å². The summed E-state index contributed by atoms with van der Waals surface area (Å²) in [6, 6.07) is 14.8. The Hall–Kier alpha value is -2.22. The molecule has 5 nitrogen and oxygen atoms in total. The molecular weight excluding hydrogens is 393 g/mol. The van der Waals surface area contributed by atoms with Crippen molar-refractivity contribution in [3.8, 4) is 0 Å². The standard InChI is InChI=1S/C16H14IN3O2/c1-11-3-2-4-14(9-11)19-15(21)16(22)20-18-10-12-5-7-13(17)8-6-12/h2-10H,1H3,(H,19,21)(H,20,22). The molecule has 0 aromatic heterocycles. The van der Waals surface area contributed by atoms with E-state index >= 15 is 0 Å². The predicted octanol–water partition coefficient (Wildman–Crippen LogP) is 2.69. The summed E-state index contributed by atoms with van der Waals surface area (Å²) in [6.45, 7) is 1.90. The summed E-state index contributed by atoms with van der Waals surface area (Å²) in [5.74, 6) is -1.58. The van der Waals surface area contributed by atoms with Crippen molar-refractivity contribution < 1.29 is 9.59 Å². The molecule has 0 fully saturated rings. The minimum Gasteiger partial charge on any atom is -0.318 e. The van der Waals surface area contributed by atoms with E-state index in [0.717, 1.165) is 14.7 Å². The third kappa shape index (κ3) is 4.96. The molecule has 0 radical (unpaired) electrons. The molecule has 0 aliphatic carbocycles. The predicted molar refractivity (Wildman–Crippen MR) is 94.7 cm³/mol. The number of amides is 2. The first-order valence-corrected chi connectivity index (χ1v) is 7.59. The van der Waals surface area contributed by atoms with Crippen LogP contribution < -0.4 is 10.7 Å². The van der Waals surface area contributed by atoms with Crippen LogP contribution in [0.5, 0.6) is 0 Å². The zero-order valence-electron chi connectivity index (χ0n) is 11.8. The minimum atomic E-state index is -0.816. The molecule has 0 spiro atoms. The Morgan fingerprint density at radius 3 is 2.50 bits per heavy atom. The van der Waals surface area contributed by atoms with Gasteiger partial charge in [0.05, 0.1) is 6.21 Å². The van der Waals surface area contributed by atoms with Gasteiger partial charge in [-0.15, -0.1) is 0 Å². The topological polar surface area (TPSA) is 70.6 Å². The van der Waals surface area contributed by atoms with Crippen LogP contribution in [-0.4, -0.2) is 18.0 Å². The molecule has 6 heteroatoms. The zero-order valence-corrected chi connectivity index (χ0v) is 14.0. The molecule has 0 heterocycles. The number of hydrogen-bond donors (Lipinski definition) is 2. The molecule has 0 bridgehead atoms. The number of rotatable bonds is 3. The number of carbonyl (C=O) groups is 2. The highest BCUT2D eigenvalue weighted by molar-refractivity contribution is 14.1. The fourth-order valence-corrected chi connectivity index (χ4v) is 2.04. The van der Waals surface area contributed by atoms with Crippen molar-refractivity contribution >= 4 is 46.3 Å². The van der Waals surface area contributed by atoms with Crippen LogP contribution in [0, 0.1) is 10.5 Å². The van der Waals surface area contributed by atoms with Crippen LogP contribution >= 0.6 is 22.6 Å². The second kappa shape index (κ2) is 7.69. The fourth-order valence-electron chi connectivity index (χ4n) is 1.68. The Morgan fingerprint density at radius 2 is 1.82 bits per heavy atom. The maximum atomic E-state index is 11.7. The molecule has 2 aromatic carbocycles. The quantitative estimate of drug-likeness (QED) is 0.356. The van der Waals surface area contributed by atoms with E-state index in [1.54, 1.807) is 18.2 Å². The molecule has 2 N–H and O–H groups in total. The maximum Gasteiger partial charge on any atom is 0.329 e. The summed E-state index contributed by atoms with van der Waals surface area (Å²) in [7, 11) is 0. The number of hydrazone groups is 1. The Balaban J connectivity index is 1.89. The van der Waals surface area contributed by atoms with Crippen LogP contribution in [0.15, 0.2) is 53.6 Å². The van der Waals surface area contributed by atoms with Crippen LogP contribution in [0.3, 0.4) is 0 Å². The molecule has 0 saturated carbocycles. The molecule has 0 aliphatic rings. The first-order chi connectivity index (χ1) is 10.5. The Morgan fingerprint density at radius 1 is 1.09 bits per heavy atom. The SMILES string of the molecule is Cc1cccc(NC(=O)C(=O)NN=Cc2ccc(I)cc2)c1. The third-order valence-corrected chi connectivity index (χ3v) is 3.45. The summed E-state index contributed by atoms with van der Waals surface area (Å²) < 4.78 is 1.11. The second-order valence-corrected chi connectivity index (χ2v) is 5.82. The van der Waals surface area contributed by atoms with E-state index in [0.29, 0.717) is 5.69 Å². The molecule has 2 rings (SSSR count). The first kappa shape index (κ1) is 16.2. The number of hydrogen-bond acceptors (Lipinski definition) is 3. The second-order valence-electron chi connectivity index (χ2n) is 4.57. The number of aryl methyl sites for hydroxylation is 1. The van der Waals surface area contributed by atoms with Gasteiger partial charge in [0.15, 0.2) is 0 Å². The highest BCUT2D eigenvalue weighted by Gasteiger charge is 2.12. The van der Waals surface area contributed by atoms with Gasteiger partial charge in [-0.05, 0) is 64.9 Å². The van der Waals surface area contributed by atoms with E-state index in [1.807, 2.05) is 37.3 Å². The highest BCUT2D eigenvalue weighted by Crippen LogP contribution is 2.09. The van der Waals surface area contributed by atoms with Gasteiger partial charge < -0.3 is 5.32 Å². The van der Waals surface area contributed by atoms with Crippen LogP contribution in [0.25, 0.3) is 0 Å². The summed E-state index contributed by atoms with van der Waals surface area (Å²) in [5, 5.41) is 6.28. The summed E-state index contributed by atoms with van der Waals surface area (Å²) >= 11 is 2.20. The Labute approximate surface area is 141 Å². The van der Waals surface area contributed by atoms with Crippen molar-refractivity contribution in [1.29, 1.82) is 0 Å². The summed E-state index contributed by atoms with van der Waals surface area (Å²) in [5.41, 5.74) is 4.60. The molecule has 2 amide bonds. The lowest BCUT2D eigenvalue weighted by Crippen LogP contribution is -2.32. The number of carbonyl (C=O) groups excluding carboxylic acids is 2. The zero-order chi connectivity index (χ0) is 15.9. The minimum absolute atomic E-state index is 0.571. The van der Waals surface area contributed by atoms with Crippen LogP contribution in [-0.2, 0) is 9.59 Å². The molecule has 0 atom stereocenters. The van der Waals surface area contributed by atoms with Crippen LogP contribution in [0.2, 0.25) is 0 Å². The monoisotopic (exact) mass is 407 g/mol. The van der Waals surface area contributed by atoms with Gasteiger partial charge in [0, 0.05) is 9.26 Å². The molecule has 0 saturated heterocycles. The molecular formula is C16H14IN3O2. The van der Waals surface area contributed by atoms with Crippen molar-refractivity contribution in [2.45, 2.75) is 6.92 Å². The van der Waals surface area contributed by atoms with Crippen molar-refractivity contribution in [3.63, 3.8) is 0 Å². The van der Waals surface area contributed by atoms with Gasteiger partial charge in [-0.2, -0.15) is 5.10 Å². The number of anilines is 1. The van der Waals surface area contributed by atoms with E-state index < -0.39 is 11.8 Å². The fraction of sp³-hybridized carbons (Fsp3) is 0.0625. The van der Waals surface area contributed by atoms with Crippen molar-refractivity contribution in [1.82, 2.24) is 5.43 Å². The molecule has 2 aromatic rings. The number of nitrogens with zero attached hydrogens (tertiary/aromatic N) is 1. The van der Waals surface area contributed by atoms with E-state index in [4.69, 9.17) is 0 Å². The van der Waals surface area contributed by atoms with Crippen LogP contribution in [0.4, 0.5) is 5.69 Å². The largest absolute Gasteiger partial charge is 0.329 e. The highest BCUT2D eigenvalue weighted by atomic mass is 127. The van der Waals surface area contributed by atoms with E-state index in [1.165, 1.54) is 6.21 Å². The van der Waals surface area contributed by atoms with Gasteiger partial charge in [0.25, 0.3) is 0 Å². The van der Waals surface area contributed by atoms with E-state index in [-0.39, 0.29) is 0 Å². The van der Waals surface area contributed by atoms with Crippen LogP contribution in [0.1, 0.15) is 11.1 Å². The lowest BCUT2D eigenvalue weighted by atomic mass is 10.2. The Kier molecular flexibility index (Phi) is 5.65. The van der Waals surface area contributed by atoms with Gasteiger partial charge >= 0.3 is 11.8 Å². The normalized spacial score (nSPS) is 10.5. The van der Waals surface area contributed by atoms with Gasteiger partial charge in [-0.1, -0.05) is 24.3 Å². The third-order valence-electron chi connectivity index (χ3n) is 2.73. The van der Waals surface area contributed by atoms with Gasteiger partial charge in [0.1, 0.15) is 0 Å². The lowest BCUT2D eigenvalue weighted by molar-refractivity contribution is -0.136. The number of nitrogens with one attached hydrogen (secondary N) is 2. The summed E-state index contributed by atoms with van der Waals surface area (Å²) in [4.78, 5) is 23.4. The van der Waals surface area contributed by atoms with Gasteiger partial charge in [-0.25, -0.2) is 5.43 Å². The maximum absolute atomic E-state index is 11.7. The van der Waals surface area contributed by atoms with Crippen molar-refractivity contribution in [3.05, 3.63) is 63.2 Å². The first-order valence-electron chi connectivity index (χ1n) is 6.51.